The molecule has 82 valence electrons. The van der Waals surface area contributed by atoms with Gasteiger partial charge >= 0.3 is 0 Å². The Morgan fingerprint density at radius 1 is 1.57 bits per heavy atom. The van der Waals surface area contributed by atoms with E-state index in [1.54, 1.807) is 0 Å². The highest BCUT2D eigenvalue weighted by molar-refractivity contribution is 5.82. The van der Waals surface area contributed by atoms with Crippen LogP contribution in [-0.2, 0) is 0 Å². The monoisotopic (exact) mass is 199 g/mol. The van der Waals surface area contributed by atoms with Crippen molar-refractivity contribution in [2.75, 3.05) is 13.6 Å². The van der Waals surface area contributed by atoms with Crippen molar-refractivity contribution in [3.8, 4) is 0 Å². The summed E-state index contributed by atoms with van der Waals surface area (Å²) in [5.41, 5.74) is 4.87. The molecule has 1 rings (SSSR count). The predicted molar refractivity (Wildman–Crippen MR) is 57.4 cm³/mol. The zero-order chi connectivity index (χ0) is 10.8. The molecular formula is C10H21N3O. The summed E-state index contributed by atoms with van der Waals surface area (Å²) in [5, 5.41) is 17.5. The molecule has 4 heteroatoms. The number of nitrogens with one attached hydrogen (secondary N) is 1. The fourth-order valence-corrected chi connectivity index (χ4v) is 2.03. The highest BCUT2D eigenvalue weighted by Gasteiger charge is 2.33. The molecule has 1 aliphatic carbocycles. The molecule has 0 amide bonds. The highest BCUT2D eigenvalue weighted by Crippen LogP contribution is 2.30. The van der Waals surface area contributed by atoms with Crippen LogP contribution in [0.1, 0.15) is 32.6 Å². The first-order valence-corrected chi connectivity index (χ1v) is 5.21. The van der Waals surface area contributed by atoms with Crippen LogP contribution < -0.4 is 5.73 Å². The van der Waals surface area contributed by atoms with E-state index in [4.69, 9.17) is 11.1 Å². The molecule has 0 heterocycles. The Labute approximate surface area is 85.6 Å². The zero-order valence-electron chi connectivity index (χ0n) is 9.08. The van der Waals surface area contributed by atoms with E-state index in [1.807, 2.05) is 18.9 Å². The van der Waals surface area contributed by atoms with Gasteiger partial charge in [0, 0.05) is 6.54 Å². The molecule has 0 saturated heterocycles. The summed E-state index contributed by atoms with van der Waals surface area (Å²) in [6.07, 6.45) is 3.97. The maximum Gasteiger partial charge on any atom is 0.108 e. The Morgan fingerprint density at radius 2 is 2.07 bits per heavy atom. The van der Waals surface area contributed by atoms with Crippen LogP contribution in [0.25, 0.3) is 0 Å². The molecule has 1 saturated carbocycles. The molecule has 1 atom stereocenters. The van der Waals surface area contributed by atoms with Crippen molar-refractivity contribution < 1.29 is 5.11 Å². The van der Waals surface area contributed by atoms with Gasteiger partial charge < -0.3 is 10.8 Å². The van der Waals surface area contributed by atoms with Crippen LogP contribution in [0.2, 0.25) is 0 Å². The van der Waals surface area contributed by atoms with E-state index < -0.39 is 5.60 Å². The lowest BCUT2D eigenvalue weighted by atomic mass is 10.0. The van der Waals surface area contributed by atoms with Crippen molar-refractivity contribution in [3.05, 3.63) is 0 Å². The maximum atomic E-state index is 10.1. The number of hydrogen-bond donors (Lipinski definition) is 3. The van der Waals surface area contributed by atoms with E-state index >= 15 is 0 Å². The molecule has 0 aliphatic heterocycles. The van der Waals surface area contributed by atoms with Crippen molar-refractivity contribution in [2.24, 2.45) is 5.73 Å². The summed E-state index contributed by atoms with van der Waals surface area (Å²) >= 11 is 0. The number of rotatable bonds is 4. The van der Waals surface area contributed by atoms with Crippen molar-refractivity contribution in [2.45, 2.75) is 44.2 Å². The topological polar surface area (TPSA) is 73.3 Å². The normalized spacial score (nSPS) is 22.6. The van der Waals surface area contributed by atoms with Gasteiger partial charge in [0.25, 0.3) is 0 Å². The second kappa shape index (κ2) is 4.28. The molecule has 0 radical (unpaired) electrons. The predicted octanol–water partition coefficient (Wildman–Crippen LogP) is 0.548. The Bertz CT molecular complexity index is 211. The number of aliphatic hydroxyl groups is 1. The lowest BCUT2D eigenvalue weighted by Gasteiger charge is -2.31. The summed E-state index contributed by atoms with van der Waals surface area (Å²) in [6, 6.07) is -0.0837. The minimum absolute atomic E-state index is 0.0837. The highest BCUT2D eigenvalue weighted by atomic mass is 16.3. The Balaban J connectivity index is 2.46. The fourth-order valence-electron chi connectivity index (χ4n) is 2.03. The molecule has 4 N–H and O–H groups in total. The lowest BCUT2D eigenvalue weighted by molar-refractivity contribution is 0.0131. The van der Waals surface area contributed by atoms with E-state index in [0.29, 0.717) is 6.54 Å². The number of likely N-dealkylation sites (N-methyl/N-ethyl adjacent to an activating group) is 1. The summed E-state index contributed by atoms with van der Waals surface area (Å²) in [5.74, 6) is 0.161. The summed E-state index contributed by atoms with van der Waals surface area (Å²) < 4.78 is 0. The molecule has 0 spiro atoms. The minimum atomic E-state index is -0.543. The summed E-state index contributed by atoms with van der Waals surface area (Å²) in [4.78, 5) is 1.95. The van der Waals surface area contributed by atoms with E-state index in [9.17, 15) is 5.11 Å². The molecule has 0 aromatic heterocycles. The zero-order valence-corrected chi connectivity index (χ0v) is 9.08. The number of nitrogens with zero attached hydrogens (tertiary/aromatic N) is 1. The molecule has 1 fully saturated rings. The van der Waals surface area contributed by atoms with Crippen LogP contribution in [0, 0.1) is 5.41 Å². The van der Waals surface area contributed by atoms with Crippen LogP contribution in [-0.4, -0.2) is 41.1 Å². The fraction of sp³-hybridized carbons (Fsp3) is 0.900. The summed E-state index contributed by atoms with van der Waals surface area (Å²) in [6.45, 7) is 2.51. The molecule has 14 heavy (non-hydrogen) atoms. The lowest BCUT2D eigenvalue weighted by Crippen LogP contribution is -2.47. The van der Waals surface area contributed by atoms with Gasteiger partial charge in [0.1, 0.15) is 5.84 Å². The van der Waals surface area contributed by atoms with Gasteiger partial charge in [0.05, 0.1) is 11.6 Å². The van der Waals surface area contributed by atoms with Crippen molar-refractivity contribution >= 4 is 5.84 Å². The van der Waals surface area contributed by atoms with Gasteiger partial charge in [0.15, 0.2) is 0 Å². The van der Waals surface area contributed by atoms with Crippen molar-refractivity contribution in [3.63, 3.8) is 0 Å². The van der Waals surface area contributed by atoms with Crippen LogP contribution >= 0.6 is 0 Å². The first-order chi connectivity index (χ1) is 6.44. The average molecular weight is 199 g/mol. The standard InChI is InChI=1S/C10H21N3O/c1-8(9(11)12)13(2)7-10(14)5-3-4-6-10/h8,14H,3-7H2,1-2H3,(H3,11,12). The summed E-state index contributed by atoms with van der Waals surface area (Å²) in [7, 11) is 1.91. The molecule has 0 bridgehead atoms. The molecule has 1 unspecified atom stereocenters. The van der Waals surface area contributed by atoms with Crippen LogP contribution in [0.4, 0.5) is 0 Å². The van der Waals surface area contributed by atoms with Gasteiger partial charge in [0.2, 0.25) is 0 Å². The first kappa shape index (κ1) is 11.5. The van der Waals surface area contributed by atoms with Crippen LogP contribution in [0.5, 0.6) is 0 Å². The van der Waals surface area contributed by atoms with Crippen molar-refractivity contribution in [1.29, 1.82) is 5.41 Å². The van der Waals surface area contributed by atoms with Crippen LogP contribution in [0.3, 0.4) is 0 Å². The van der Waals surface area contributed by atoms with Gasteiger partial charge in [-0.15, -0.1) is 0 Å². The third-order valence-electron chi connectivity index (χ3n) is 3.19. The maximum absolute atomic E-state index is 10.1. The van der Waals surface area contributed by atoms with E-state index in [2.05, 4.69) is 0 Å². The third-order valence-corrected chi connectivity index (χ3v) is 3.19. The van der Waals surface area contributed by atoms with Gasteiger partial charge in [-0.25, -0.2) is 0 Å². The SMILES string of the molecule is CC(C(=N)N)N(C)CC1(O)CCCC1. The van der Waals surface area contributed by atoms with Crippen LogP contribution in [0.15, 0.2) is 0 Å². The van der Waals surface area contributed by atoms with Crippen molar-refractivity contribution in [1.82, 2.24) is 4.90 Å². The number of amidine groups is 1. The van der Waals surface area contributed by atoms with E-state index in [1.165, 1.54) is 0 Å². The molecule has 4 nitrogen and oxygen atoms in total. The first-order valence-electron chi connectivity index (χ1n) is 5.21. The number of nitrogens with two attached hydrogens (primary N) is 1. The number of hydrogen-bond acceptors (Lipinski definition) is 3. The minimum Gasteiger partial charge on any atom is -0.389 e. The van der Waals surface area contributed by atoms with Gasteiger partial charge in [-0.05, 0) is 26.8 Å². The Morgan fingerprint density at radius 3 is 2.50 bits per heavy atom. The largest absolute Gasteiger partial charge is 0.389 e. The molecule has 1 aliphatic rings. The van der Waals surface area contributed by atoms with E-state index in [-0.39, 0.29) is 11.9 Å². The second-order valence-electron chi connectivity index (χ2n) is 4.48. The molecule has 0 aromatic carbocycles. The second-order valence-corrected chi connectivity index (χ2v) is 4.48. The smallest absolute Gasteiger partial charge is 0.108 e. The van der Waals surface area contributed by atoms with Gasteiger partial charge in [-0.2, -0.15) is 0 Å². The quantitative estimate of drug-likeness (QED) is 0.457. The Kier molecular flexibility index (Phi) is 3.50. The van der Waals surface area contributed by atoms with Gasteiger partial charge in [-0.3, -0.25) is 10.3 Å². The third kappa shape index (κ3) is 2.69. The average Bonchev–Trinajstić information content (AvgIpc) is 2.50. The van der Waals surface area contributed by atoms with E-state index in [0.717, 1.165) is 25.7 Å². The molecular weight excluding hydrogens is 178 g/mol. The van der Waals surface area contributed by atoms with Gasteiger partial charge in [-0.1, -0.05) is 12.8 Å². The molecule has 0 aromatic rings. The Hall–Kier alpha value is -0.610.